The molecular formula is C10H14ClF3N2O3S. The summed E-state index contributed by atoms with van der Waals surface area (Å²) in [6.07, 6.45) is -3.84. The van der Waals surface area contributed by atoms with Gasteiger partial charge in [0.2, 0.25) is 0 Å². The van der Waals surface area contributed by atoms with Gasteiger partial charge in [-0.3, -0.25) is 4.68 Å². The van der Waals surface area contributed by atoms with Gasteiger partial charge in [0.15, 0.2) is 0 Å². The molecule has 0 aromatic carbocycles. The number of aromatic nitrogens is 2. The van der Waals surface area contributed by atoms with Crippen LogP contribution in [0.25, 0.3) is 0 Å². The number of rotatable bonds is 7. The fourth-order valence-electron chi connectivity index (χ4n) is 1.48. The summed E-state index contributed by atoms with van der Waals surface area (Å²) in [7, 11) is 1.15. The lowest BCUT2D eigenvalue weighted by atomic mass is 10.4. The number of alkyl halides is 3. The lowest BCUT2D eigenvalue weighted by molar-refractivity contribution is -0.137. The second-order valence-electron chi connectivity index (χ2n) is 4.03. The van der Waals surface area contributed by atoms with Crippen LogP contribution < -0.4 is 0 Å². The summed E-state index contributed by atoms with van der Waals surface area (Å²) in [6, 6.07) is 0. The summed E-state index contributed by atoms with van der Waals surface area (Å²) in [4.78, 5) is -0.322. The summed E-state index contributed by atoms with van der Waals surface area (Å²) in [5, 5.41) is 3.64. The zero-order chi connectivity index (χ0) is 15.4. The van der Waals surface area contributed by atoms with Gasteiger partial charge in [0.05, 0.1) is 24.9 Å². The topological polar surface area (TPSA) is 61.2 Å². The van der Waals surface area contributed by atoms with E-state index in [0.29, 0.717) is 13.0 Å². The van der Waals surface area contributed by atoms with Crippen LogP contribution in [-0.2, 0) is 26.9 Å². The lowest BCUT2D eigenvalue weighted by Crippen LogP contribution is -2.16. The molecule has 1 heterocycles. The van der Waals surface area contributed by atoms with E-state index in [1.807, 2.05) is 6.92 Å². The minimum absolute atomic E-state index is 0.0256. The molecule has 1 aromatic rings. The SMILES string of the molecule is CCCOCc1c(S(=O)(=O)Cl)cnn1CCC(F)(F)F. The van der Waals surface area contributed by atoms with Crippen molar-refractivity contribution < 1.29 is 26.3 Å². The summed E-state index contributed by atoms with van der Waals surface area (Å²) in [5.74, 6) is 0. The average molecular weight is 335 g/mol. The Morgan fingerprint density at radius 1 is 1.45 bits per heavy atom. The summed E-state index contributed by atoms with van der Waals surface area (Å²) in [6.45, 7) is 1.56. The maximum absolute atomic E-state index is 12.2. The molecule has 116 valence electrons. The van der Waals surface area contributed by atoms with Crippen LogP contribution in [0.15, 0.2) is 11.1 Å². The highest BCUT2D eigenvalue weighted by Crippen LogP contribution is 2.24. The Morgan fingerprint density at radius 2 is 2.10 bits per heavy atom. The monoisotopic (exact) mass is 334 g/mol. The standard InChI is InChI=1S/C10H14ClF3N2O3S/c1-2-5-19-7-8-9(20(11,17)18)6-15-16(8)4-3-10(12,13)14/h6H,2-5,7H2,1H3. The van der Waals surface area contributed by atoms with Crippen molar-refractivity contribution in [3.05, 3.63) is 11.9 Å². The van der Waals surface area contributed by atoms with Crippen LogP contribution in [0.2, 0.25) is 0 Å². The van der Waals surface area contributed by atoms with Crippen LogP contribution in [0.5, 0.6) is 0 Å². The molecular weight excluding hydrogens is 321 g/mol. The van der Waals surface area contributed by atoms with E-state index in [1.54, 1.807) is 0 Å². The molecule has 0 aliphatic rings. The van der Waals surface area contributed by atoms with E-state index in [2.05, 4.69) is 5.10 Å². The maximum atomic E-state index is 12.2. The normalized spacial score (nSPS) is 12.8. The largest absolute Gasteiger partial charge is 0.390 e. The Balaban J connectivity index is 2.96. The van der Waals surface area contributed by atoms with E-state index in [1.165, 1.54) is 0 Å². The first kappa shape index (κ1) is 17.3. The van der Waals surface area contributed by atoms with Crippen molar-refractivity contribution in [3.8, 4) is 0 Å². The third-order valence-corrected chi connectivity index (χ3v) is 3.73. The second-order valence-corrected chi connectivity index (χ2v) is 6.57. The minimum Gasteiger partial charge on any atom is -0.375 e. The minimum atomic E-state index is -4.35. The molecule has 0 amide bonds. The highest BCUT2D eigenvalue weighted by atomic mass is 35.7. The molecule has 10 heteroatoms. The number of hydrogen-bond donors (Lipinski definition) is 0. The number of aryl methyl sites for hydroxylation is 1. The van der Waals surface area contributed by atoms with Crippen LogP contribution in [-0.4, -0.2) is 31.0 Å². The van der Waals surface area contributed by atoms with Crippen LogP contribution in [0.4, 0.5) is 13.2 Å². The molecule has 0 saturated carbocycles. The van der Waals surface area contributed by atoms with Gasteiger partial charge >= 0.3 is 6.18 Å². The molecule has 1 rings (SSSR count). The first-order valence-electron chi connectivity index (χ1n) is 5.79. The van der Waals surface area contributed by atoms with Crippen molar-refractivity contribution >= 4 is 19.7 Å². The van der Waals surface area contributed by atoms with E-state index in [0.717, 1.165) is 10.9 Å². The Bertz CT molecular complexity index is 542. The smallest absolute Gasteiger partial charge is 0.375 e. The van der Waals surface area contributed by atoms with Gasteiger partial charge in [0, 0.05) is 23.8 Å². The van der Waals surface area contributed by atoms with Gasteiger partial charge in [0.1, 0.15) is 4.90 Å². The van der Waals surface area contributed by atoms with E-state index >= 15 is 0 Å². The van der Waals surface area contributed by atoms with E-state index < -0.39 is 28.2 Å². The molecule has 0 unspecified atom stereocenters. The van der Waals surface area contributed by atoms with Crippen LogP contribution >= 0.6 is 10.7 Å². The van der Waals surface area contributed by atoms with Crippen molar-refractivity contribution in [2.24, 2.45) is 0 Å². The van der Waals surface area contributed by atoms with Crippen LogP contribution in [0.1, 0.15) is 25.5 Å². The summed E-state index contributed by atoms with van der Waals surface area (Å²) in [5.41, 5.74) is 0.0256. The highest BCUT2D eigenvalue weighted by molar-refractivity contribution is 8.13. The molecule has 0 aliphatic carbocycles. The molecule has 0 aliphatic heterocycles. The molecule has 0 fully saturated rings. The predicted molar refractivity (Wildman–Crippen MR) is 65.9 cm³/mol. The Morgan fingerprint density at radius 3 is 2.60 bits per heavy atom. The zero-order valence-corrected chi connectivity index (χ0v) is 12.2. The third-order valence-electron chi connectivity index (χ3n) is 2.37. The van der Waals surface area contributed by atoms with Crippen molar-refractivity contribution in [2.45, 2.75) is 44.0 Å². The quantitative estimate of drug-likeness (QED) is 0.568. The molecule has 5 nitrogen and oxygen atoms in total. The molecule has 0 atom stereocenters. The molecule has 0 saturated heterocycles. The summed E-state index contributed by atoms with van der Waals surface area (Å²) >= 11 is 0. The number of halogens is 4. The van der Waals surface area contributed by atoms with Crippen molar-refractivity contribution in [1.82, 2.24) is 9.78 Å². The first-order chi connectivity index (χ1) is 9.15. The van der Waals surface area contributed by atoms with Gasteiger partial charge in [-0.1, -0.05) is 6.92 Å². The maximum Gasteiger partial charge on any atom is 0.390 e. The van der Waals surface area contributed by atoms with Gasteiger partial charge in [-0.05, 0) is 6.42 Å². The fraction of sp³-hybridized carbons (Fsp3) is 0.700. The number of hydrogen-bond acceptors (Lipinski definition) is 4. The van der Waals surface area contributed by atoms with Gasteiger partial charge < -0.3 is 4.74 Å². The van der Waals surface area contributed by atoms with E-state index in [9.17, 15) is 21.6 Å². The van der Waals surface area contributed by atoms with Gasteiger partial charge in [-0.25, -0.2) is 8.42 Å². The average Bonchev–Trinajstić information content (AvgIpc) is 2.69. The van der Waals surface area contributed by atoms with Gasteiger partial charge in [-0.2, -0.15) is 18.3 Å². The first-order valence-corrected chi connectivity index (χ1v) is 8.10. The molecule has 0 bridgehead atoms. The Hall–Kier alpha value is -0.800. The highest BCUT2D eigenvalue weighted by Gasteiger charge is 2.28. The van der Waals surface area contributed by atoms with Gasteiger partial charge in [0.25, 0.3) is 9.05 Å². The molecule has 20 heavy (non-hydrogen) atoms. The predicted octanol–water partition coefficient (Wildman–Crippen LogP) is 2.69. The Labute approximate surface area is 119 Å². The molecule has 0 N–H and O–H groups in total. The summed E-state index contributed by atoms with van der Waals surface area (Å²) < 4.78 is 65.4. The fourth-order valence-corrected chi connectivity index (χ4v) is 2.49. The van der Waals surface area contributed by atoms with Crippen molar-refractivity contribution in [1.29, 1.82) is 0 Å². The van der Waals surface area contributed by atoms with E-state index in [-0.39, 0.29) is 17.2 Å². The van der Waals surface area contributed by atoms with Crippen LogP contribution in [0.3, 0.4) is 0 Å². The zero-order valence-electron chi connectivity index (χ0n) is 10.7. The van der Waals surface area contributed by atoms with Crippen LogP contribution in [0, 0.1) is 0 Å². The van der Waals surface area contributed by atoms with Crippen molar-refractivity contribution in [2.75, 3.05) is 6.61 Å². The number of ether oxygens (including phenoxy) is 1. The number of nitrogens with zero attached hydrogens (tertiary/aromatic N) is 2. The van der Waals surface area contributed by atoms with Gasteiger partial charge in [-0.15, -0.1) is 0 Å². The molecule has 1 aromatic heterocycles. The second kappa shape index (κ2) is 6.77. The van der Waals surface area contributed by atoms with E-state index in [4.69, 9.17) is 15.4 Å². The third kappa shape index (κ3) is 5.29. The molecule has 0 radical (unpaired) electrons. The lowest BCUT2D eigenvalue weighted by Gasteiger charge is -2.10. The Kier molecular flexibility index (Phi) is 5.84. The van der Waals surface area contributed by atoms with Crippen molar-refractivity contribution in [3.63, 3.8) is 0 Å². The molecule has 0 spiro atoms.